The van der Waals surface area contributed by atoms with E-state index in [1.54, 1.807) is 36.1 Å². The quantitative estimate of drug-likeness (QED) is 0.729. The molecule has 1 N–H and O–H groups in total. The Morgan fingerprint density at radius 2 is 1.74 bits per heavy atom. The molecule has 1 atom stereocenters. The van der Waals surface area contributed by atoms with E-state index in [-0.39, 0.29) is 10.7 Å². The molecule has 3 aromatic rings. The molecular formula is C19H18FN3O3S. The lowest BCUT2D eigenvalue weighted by Crippen LogP contribution is -2.31. The molecule has 140 valence electrons. The van der Waals surface area contributed by atoms with Crippen LogP contribution in [-0.4, -0.2) is 30.1 Å². The Bertz CT molecular complexity index is 1060. The highest BCUT2D eigenvalue weighted by atomic mass is 32.2. The minimum Gasteiger partial charge on any atom is -0.338 e. The van der Waals surface area contributed by atoms with Crippen molar-refractivity contribution >= 4 is 15.7 Å². The number of carbonyl (C=O) groups is 1. The van der Waals surface area contributed by atoms with E-state index in [0.717, 1.165) is 6.26 Å². The normalized spacial score (nSPS) is 12.6. The van der Waals surface area contributed by atoms with E-state index in [1.807, 2.05) is 0 Å². The van der Waals surface area contributed by atoms with Gasteiger partial charge < -0.3 is 9.88 Å². The third-order valence-corrected chi connectivity index (χ3v) is 5.27. The van der Waals surface area contributed by atoms with E-state index in [9.17, 15) is 17.6 Å². The van der Waals surface area contributed by atoms with Gasteiger partial charge in [0.15, 0.2) is 9.84 Å². The maximum atomic E-state index is 13.3. The molecule has 2 aromatic carbocycles. The standard InChI is InChI=1S/C19H18FN3O3S/c1-23-12-11-21-18(23)17(13-3-7-15(20)8-4-13)22-19(24)14-5-9-16(10-6-14)27(2,25)26/h3-12,17H,1-2H3,(H,22,24). The number of imidazole rings is 1. The van der Waals surface area contributed by atoms with E-state index < -0.39 is 21.8 Å². The van der Waals surface area contributed by atoms with E-state index in [1.165, 1.54) is 36.4 Å². The summed E-state index contributed by atoms with van der Waals surface area (Å²) >= 11 is 0. The molecule has 1 aromatic heterocycles. The molecule has 0 spiro atoms. The molecule has 0 saturated carbocycles. The summed E-state index contributed by atoms with van der Waals surface area (Å²) in [4.78, 5) is 17.1. The molecule has 27 heavy (non-hydrogen) atoms. The van der Waals surface area contributed by atoms with Gasteiger partial charge in [0.1, 0.15) is 17.7 Å². The first-order valence-electron chi connectivity index (χ1n) is 8.09. The monoisotopic (exact) mass is 387 g/mol. The van der Waals surface area contributed by atoms with Gasteiger partial charge in [0.25, 0.3) is 5.91 Å². The van der Waals surface area contributed by atoms with Crippen molar-refractivity contribution in [1.29, 1.82) is 0 Å². The van der Waals surface area contributed by atoms with Gasteiger partial charge in [0.2, 0.25) is 0 Å². The fraction of sp³-hybridized carbons (Fsp3) is 0.158. The number of sulfone groups is 1. The van der Waals surface area contributed by atoms with Gasteiger partial charge in [-0.2, -0.15) is 0 Å². The summed E-state index contributed by atoms with van der Waals surface area (Å²) in [6, 6.07) is 10.9. The average molecular weight is 387 g/mol. The van der Waals surface area contributed by atoms with Crippen LogP contribution in [-0.2, 0) is 16.9 Å². The minimum absolute atomic E-state index is 0.137. The van der Waals surface area contributed by atoms with Crippen LogP contribution in [0.1, 0.15) is 27.8 Å². The third kappa shape index (κ3) is 4.22. The van der Waals surface area contributed by atoms with E-state index >= 15 is 0 Å². The van der Waals surface area contributed by atoms with Gasteiger partial charge in [-0.05, 0) is 42.0 Å². The highest BCUT2D eigenvalue weighted by Crippen LogP contribution is 2.22. The average Bonchev–Trinajstić information content (AvgIpc) is 3.05. The lowest BCUT2D eigenvalue weighted by Gasteiger charge is -2.19. The molecule has 8 heteroatoms. The summed E-state index contributed by atoms with van der Waals surface area (Å²) in [6.07, 6.45) is 4.46. The smallest absolute Gasteiger partial charge is 0.252 e. The van der Waals surface area contributed by atoms with Gasteiger partial charge in [-0.1, -0.05) is 12.1 Å². The molecule has 0 fully saturated rings. The zero-order valence-corrected chi connectivity index (χ0v) is 15.6. The molecule has 0 saturated heterocycles. The number of rotatable bonds is 5. The largest absolute Gasteiger partial charge is 0.338 e. The lowest BCUT2D eigenvalue weighted by atomic mass is 10.1. The zero-order chi connectivity index (χ0) is 19.6. The first kappa shape index (κ1) is 18.8. The van der Waals surface area contributed by atoms with E-state index in [4.69, 9.17) is 0 Å². The Hall–Kier alpha value is -3.00. The number of nitrogens with one attached hydrogen (secondary N) is 1. The summed E-state index contributed by atoms with van der Waals surface area (Å²) in [7, 11) is -1.54. The second-order valence-corrected chi connectivity index (χ2v) is 8.17. The van der Waals surface area contributed by atoms with Gasteiger partial charge in [0, 0.05) is 31.3 Å². The topological polar surface area (TPSA) is 81.1 Å². The van der Waals surface area contributed by atoms with Crippen molar-refractivity contribution in [2.45, 2.75) is 10.9 Å². The number of nitrogens with zero attached hydrogens (tertiary/aromatic N) is 2. The summed E-state index contributed by atoms with van der Waals surface area (Å²) in [5.41, 5.74) is 0.982. The Morgan fingerprint density at radius 1 is 1.11 bits per heavy atom. The fourth-order valence-electron chi connectivity index (χ4n) is 2.68. The number of hydrogen-bond acceptors (Lipinski definition) is 4. The molecule has 1 amide bonds. The van der Waals surface area contributed by atoms with Crippen molar-refractivity contribution in [3.8, 4) is 0 Å². The molecule has 1 unspecified atom stereocenters. The molecule has 0 aliphatic rings. The summed E-state index contributed by atoms with van der Waals surface area (Å²) in [5.74, 6) is -0.185. The Morgan fingerprint density at radius 3 is 2.26 bits per heavy atom. The number of aryl methyl sites for hydroxylation is 1. The van der Waals surface area contributed by atoms with Crippen molar-refractivity contribution in [3.05, 3.63) is 83.7 Å². The molecule has 3 rings (SSSR count). The first-order chi connectivity index (χ1) is 12.8. The highest BCUT2D eigenvalue weighted by Gasteiger charge is 2.21. The summed E-state index contributed by atoms with van der Waals surface area (Å²) in [6.45, 7) is 0. The van der Waals surface area contributed by atoms with Crippen LogP contribution in [0.2, 0.25) is 0 Å². The van der Waals surface area contributed by atoms with Crippen LogP contribution in [0.3, 0.4) is 0 Å². The highest BCUT2D eigenvalue weighted by molar-refractivity contribution is 7.90. The first-order valence-corrected chi connectivity index (χ1v) is 9.98. The van der Waals surface area contributed by atoms with Gasteiger partial charge in [0.05, 0.1) is 4.90 Å². The Balaban J connectivity index is 1.91. The maximum absolute atomic E-state index is 13.3. The van der Waals surface area contributed by atoms with Gasteiger partial charge in [-0.3, -0.25) is 4.79 Å². The molecule has 0 aliphatic carbocycles. The summed E-state index contributed by atoms with van der Waals surface area (Å²) in [5, 5.41) is 2.88. The number of benzene rings is 2. The van der Waals surface area contributed by atoms with Crippen molar-refractivity contribution in [2.75, 3.05) is 6.26 Å². The number of aromatic nitrogens is 2. The van der Waals surface area contributed by atoms with E-state index in [0.29, 0.717) is 17.0 Å². The Kier molecular flexibility index (Phi) is 5.09. The number of hydrogen-bond donors (Lipinski definition) is 1. The number of amides is 1. The molecule has 6 nitrogen and oxygen atoms in total. The predicted molar refractivity (Wildman–Crippen MR) is 98.5 cm³/mol. The van der Waals surface area contributed by atoms with Gasteiger partial charge in [-0.15, -0.1) is 0 Å². The van der Waals surface area contributed by atoms with Gasteiger partial charge >= 0.3 is 0 Å². The molecule has 0 aliphatic heterocycles. The van der Waals surface area contributed by atoms with Crippen LogP contribution in [0.4, 0.5) is 4.39 Å². The van der Waals surface area contributed by atoms with Crippen LogP contribution in [0.15, 0.2) is 65.8 Å². The minimum atomic E-state index is -3.34. The second-order valence-electron chi connectivity index (χ2n) is 6.15. The van der Waals surface area contributed by atoms with Crippen LogP contribution in [0.25, 0.3) is 0 Å². The number of carbonyl (C=O) groups excluding carboxylic acids is 1. The van der Waals surface area contributed by atoms with Crippen molar-refractivity contribution in [2.24, 2.45) is 7.05 Å². The zero-order valence-electron chi connectivity index (χ0n) is 14.8. The van der Waals surface area contributed by atoms with E-state index in [2.05, 4.69) is 10.3 Å². The molecule has 0 bridgehead atoms. The molecule has 0 radical (unpaired) electrons. The molecule has 1 heterocycles. The van der Waals surface area contributed by atoms with Crippen molar-refractivity contribution in [3.63, 3.8) is 0 Å². The SMILES string of the molecule is Cn1ccnc1C(NC(=O)c1ccc(S(C)(=O)=O)cc1)c1ccc(F)cc1. The van der Waals surface area contributed by atoms with Crippen molar-refractivity contribution < 1.29 is 17.6 Å². The van der Waals surface area contributed by atoms with Crippen LogP contribution >= 0.6 is 0 Å². The summed E-state index contributed by atoms with van der Waals surface area (Å²) < 4.78 is 38.2. The fourth-order valence-corrected chi connectivity index (χ4v) is 3.31. The lowest BCUT2D eigenvalue weighted by molar-refractivity contribution is 0.0941. The maximum Gasteiger partial charge on any atom is 0.252 e. The van der Waals surface area contributed by atoms with Crippen LogP contribution < -0.4 is 5.32 Å². The van der Waals surface area contributed by atoms with Crippen LogP contribution in [0, 0.1) is 5.82 Å². The van der Waals surface area contributed by atoms with Gasteiger partial charge in [-0.25, -0.2) is 17.8 Å². The molecular weight excluding hydrogens is 369 g/mol. The van der Waals surface area contributed by atoms with Crippen LogP contribution in [0.5, 0.6) is 0 Å². The second kappa shape index (κ2) is 7.32. The van der Waals surface area contributed by atoms with Crippen molar-refractivity contribution in [1.82, 2.24) is 14.9 Å². The Labute approximate surface area is 156 Å². The third-order valence-electron chi connectivity index (χ3n) is 4.14. The predicted octanol–water partition coefficient (Wildman–Crippen LogP) is 2.48. The number of halogens is 1.